The average molecular weight is 243 g/mol. The molecule has 70 valence electrons. The molecule has 9 heteroatoms. The quantitative estimate of drug-likeness (QED) is 0.590. The van der Waals surface area contributed by atoms with Crippen LogP contribution in [-0.4, -0.2) is 9.85 Å². The van der Waals surface area contributed by atoms with E-state index in [2.05, 4.69) is 0 Å². The maximum absolute atomic E-state index is 10.3. The van der Waals surface area contributed by atoms with E-state index in [9.17, 15) is 20.2 Å². The third kappa shape index (κ3) is 1.71. The minimum absolute atomic E-state index is 0.290. The highest BCUT2D eigenvalue weighted by atomic mass is 35.5. The number of thiophene rings is 1. The van der Waals surface area contributed by atoms with E-state index in [4.69, 9.17) is 23.2 Å². The zero-order chi connectivity index (χ0) is 10.2. The van der Waals surface area contributed by atoms with Crippen LogP contribution in [0, 0.1) is 20.2 Å². The molecule has 0 aromatic carbocycles. The van der Waals surface area contributed by atoms with Crippen molar-refractivity contribution in [1.82, 2.24) is 0 Å². The van der Waals surface area contributed by atoms with Gasteiger partial charge in [0.05, 0.1) is 9.85 Å². The molecule has 1 aromatic heterocycles. The standard InChI is InChI=1S/C4Cl2N2O4S/c5-3-1(7(9)10)2(8(11)12)4(6)13-3. The molecule has 6 nitrogen and oxygen atoms in total. The number of nitro groups is 2. The van der Waals surface area contributed by atoms with Gasteiger partial charge in [-0.15, -0.1) is 0 Å². The zero-order valence-corrected chi connectivity index (χ0v) is 8.02. The molecule has 1 heterocycles. The molecule has 0 fully saturated rings. The van der Waals surface area contributed by atoms with Crippen LogP contribution in [0.25, 0.3) is 0 Å². The number of hydrogen-bond donors (Lipinski definition) is 0. The lowest BCUT2D eigenvalue weighted by atomic mass is 10.5. The van der Waals surface area contributed by atoms with E-state index in [1.807, 2.05) is 0 Å². The fourth-order valence-electron chi connectivity index (χ4n) is 0.678. The fraction of sp³-hybridized carbons (Fsp3) is 0. The predicted octanol–water partition coefficient (Wildman–Crippen LogP) is 2.87. The van der Waals surface area contributed by atoms with E-state index >= 15 is 0 Å². The largest absolute Gasteiger partial charge is 0.377 e. The van der Waals surface area contributed by atoms with Gasteiger partial charge in [0.25, 0.3) is 0 Å². The van der Waals surface area contributed by atoms with Crippen LogP contribution in [0.5, 0.6) is 0 Å². The van der Waals surface area contributed by atoms with Crippen LogP contribution in [0.2, 0.25) is 8.67 Å². The van der Waals surface area contributed by atoms with Crippen LogP contribution >= 0.6 is 34.5 Å². The van der Waals surface area contributed by atoms with E-state index in [1.54, 1.807) is 0 Å². The topological polar surface area (TPSA) is 86.3 Å². The maximum atomic E-state index is 10.3. The van der Waals surface area contributed by atoms with Gasteiger partial charge in [0.2, 0.25) is 0 Å². The minimum atomic E-state index is -0.928. The van der Waals surface area contributed by atoms with Crippen molar-refractivity contribution in [2.24, 2.45) is 0 Å². The first-order valence-electron chi connectivity index (χ1n) is 2.71. The number of nitrogens with zero attached hydrogens (tertiary/aromatic N) is 2. The molecule has 1 aromatic rings. The Balaban J connectivity index is 3.47. The van der Waals surface area contributed by atoms with Crippen molar-refractivity contribution in [2.45, 2.75) is 0 Å². The third-order valence-electron chi connectivity index (χ3n) is 1.14. The average Bonchev–Trinajstić information content (AvgIpc) is 2.24. The van der Waals surface area contributed by atoms with Gasteiger partial charge in [-0.25, -0.2) is 0 Å². The first-order chi connectivity index (χ1) is 5.95. The molecule has 13 heavy (non-hydrogen) atoms. The van der Waals surface area contributed by atoms with Crippen molar-refractivity contribution >= 4 is 45.9 Å². The lowest BCUT2D eigenvalue weighted by Gasteiger charge is -1.87. The summed E-state index contributed by atoms with van der Waals surface area (Å²) in [5, 5.41) is 20.7. The van der Waals surface area contributed by atoms with Gasteiger partial charge in [-0.05, 0) is 0 Å². The van der Waals surface area contributed by atoms with Gasteiger partial charge < -0.3 is 0 Å². The van der Waals surface area contributed by atoms with Crippen molar-refractivity contribution in [3.63, 3.8) is 0 Å². The van der Waals surface area contributed by atoms with E-state index in [0.717, 1.165) is 0 Å². The Labute approximate surface area is 85.0 Å². The second kappa shape index (κ2) is 3.44. The summed E-state index contributed by atoms with van der Waals surface area (Å²) >= 11 is 11.4. The molecule has 0 radical (unpaired) electrons. The number of halogens is 2. The molecule has 0 bridgehead atoms. The van der Waals surface area contributed by atoms with Crippen molar-refractivity contribution in [3.05, 3.63) is 28.9 Å². The molecule has 0 amide bonds. The molecule has 0 aliphatic carbocycles. The first kappa shape index (κ1) is 10.2. The molecule has 0 spiro atoms. The summed E-state index contributed by atoms with van der Waals surface area (Å²) in [6, 6.07) is 0. The lowest BCUT2D eigenvalue weighted by Crippen LogP contribution is -1.93. The summed E-state index contributed by atoms with van der Waals surface area (Å²) in [5.74, 6) is 0. The third-order valence-corrected chi connectivity index (χ3v) is 2.71. The fourth-order valence-corrected chi connectivity index (χ4v) is 2.27. The van der Waals surface area contributed by atoms with E-state index in [0.29, 0.717) is 11.3 Å². The molecule has 0 aliphatic heterocycles. The van der Waals surface area contributed by atoms with Gasteiger partial charge in [-0.3, -0.25) is 20.2 Å². The maximum Gasteiger partial charge on any atom is 0.377 e. The second-order valence-electron chi connectivity index (χ2n) is 1.86. The Morgan fingerprint density at radius 1 is 1.00 bits per heavy atom. The van der Waals surface area contributed by atoms with Crippen LogP contribution in [0.1, 0.15) is 0 Å². The molecule has 1 rings (SSSR count). The van der Waals surface area contributed by atoms with Crippen molar-refractivity contribution in [2.75, 3.05) is 0 Å². The van der Waals surface area contributed by atoms with Crippen LogP contribution in [0.3, 0.4) is 0 Å². The Bertz CT molecular complexity index is 355. The van der Waals surface area contributed by atoms with Crippen molar-refractivity contribution in [1.29, 1.82) is 0 Å². The molecule has 0 unspecified atom stereocenters. The number of rotatable bonds is 2. The lowest BCUT2D eigenvalue weighted by molar-refractivity contribution is -0.421. The van der Waals surface area contributed by atoms with Crippen molar-refractivity contribution in [3.8, 4) is 0 Å². The van der Waals surface area contributed by atoms with E-state index in [1.165, 1.54) is 0 Å². The van der Waals surface area contributed by atoms with Gasteiger partial charge in [-0.2, -0.15) is 0 Å². The molecular weight excluding hydrogens is 243 g/mol. The number of hydrogen-bond acceptors (Lipinski definition) is 5. The second-order valence-corrected chi connectivity index (χ2v) is 4.09. The van der Waals surface area contributed by atoms with E-state index < -0.39 is 21.2 Å². The molecule has 0 saturated heterocycles. The summed E-state index contributed by atoms with van der Waals surface area (Å²) in [6.45, 7) is 0. The van der Waals surface area contributed by atoms with Crippen molar-refractivity contribution < 1.29 is 9.85 Å². The Hall–Kier alpha value is -0.920. The summed E-state index contributed by atoms with van der Waals surface area (Å²) in [7, 11) is 0. The van der Waals surface area contributed by atoms with Crippen LogP contribution in [0.4, 0.5) is 11.4 Å². The Kier molecular flexibility index (Phi) is 2.69. The normalized spacial score (nSPS) is 10.0. The van der Waals surface area contributed by atoms with Gasteiger partial charge in [0.15, 0.2) is 8.67 Å². The van der Waals surface area contributed by atoms with Gasteiger partial charge >= 0.3 is 11.4 Å². The first-order valence-corrected chi connectivity index (χ1v) is 4.29. The smallest absolute Gasteiger partial charge is 0.258 e. The monoisotopic (exact) mass is 242 g/mol. The Morgan fingerprint density at radius 2 is 1.31 bits per heavy atom. The van der Waals surface area contributed by atoms with Crippen LogP contribution in [0.15, 0.2) is 0 Å². The van der Waals surface area contributed by atoms with Gasteiger partial charge in [0.1, 0.15) is 0 Å². The SMILES string of the molecule is O=[N+]([O-])c1c(Cl)sc(Cl)c1[N+](=O)[O-]. The summed E-state index contributed by atoms with van der Waals surface area (Å²) in [4.78, 5) is 18.8. The van der Waals surface area contributed by atoms with E-state index in [-0.39, 0.29) is 8.67 Å². The highest BCUT2D eigenvalue weighted by Crippen LogP contribution is 2.47. The Morgan fingerprint density at radius 3 is 1.54 bits per heavy atom. The van der Waals surface area contributed by atoms with Gasteiger partial charge in [-0.1, -0.05) is 34.5 Å². The van der Waals surface area contributed by atoms with Crippen LogP contribution < -0.4 is 0 Å². The summed E-state index contributed by atoms with van der Waals surface area (Å²) < 4.78 is -0.580. The van der Waals surface area contributed by atoms with Gasteiger partial charge in [0, 0.05) is 0 Å². The summed E-state index contributed by atoms with van der Waals surface area (Å²) in [6.07, 6.45) is 0. The highest BCUT2D eigenvalue weighted by Gasteiger charge is 2.35. The zero-order valence-electron chi connectivity index (χ0n) is 5.69. The van der Waals surface area contributed by atoms with Crippen LogP contribution in [-0.2, 0) is 0 Å². The highest BCUT2D eigenvalue weighted by molar-refractivity contribution is 7.21. The predicted molar refractivity (Wildman–Crippen MR) is 47.6 cm³/mol. The molecule has 0 atom stereocenters. The minimum Gasteiger partial charge on any atom is -0.258 e. The molecule has 0 N–H and O–H groups in total. The molecular formula is C4Cl2N2O4S. The molecule has 0 saturated carbocycles. The summed E-state index contributed by atoms with van der Waals surface area (Å²) in [5.41, 5.74) is -1.50. The molecule has 0 aliphatic rings.